The number of hydrogen-bond donors (Lipinski definition) is 0. The minimum absolute atomic E-state index is 0.00551. The zero-order valence-corrected chi connectivity index (χ0v) is 16.5. The molecule has 2 heterocycles. The van der Waals surface area contributed by atoms with Crippen molar-refractivity contribution in [2.45, 2.75) is 63.2 Å². The number of amides is 1. The van der Waals surface area contributed by atoms with Gasteiger partial charge in [-0.2, -0.15) is 4.31 Å². The molecule has 2 aliphatic rings. The molecule has 0 spiro atoms. The third-order valence-corrected chi connectivity index (χ3v) is 7.15. The maximum atomic E-state index is 13.0. The quantitative estimate of drug-likeness (QED) is 0.808. The number of sulfonamides is 1. The molecule has 0 N–H and O–H groups in total. The van der Waals surface area contributed by atoms with Crippen molar-refractivity contribution in [1.29, 1.82) is 0 Å². The minimum Gasteiger partial charge on any atom is -0.372 e. The van der Waals surface area contributed by atoms with Gasteiger partial charge in [-0.3, -0.25) is 4.79 Å². The van der Waals surface area contributed by atoms with E-state index < -0.39 is 10.0 Å². The molecule has 1 aromatic carbocycles. The van der Waals surface area contributed by atoms with Crippen molar-refractivity contribution in [2.75, 3.05) is 19.6 Å². The van der Waals surface area contributed by atoms with Crippen molar-refractivity contribution in [2.24, 2.45) is 0 Å². The van der Waals surface area contributed by atoms with Gasteiger partial charge in [0, 0.05) is 31.2 Å². The summed E-state index contributed by atoms with van der Waals surface area (Å²) in [6, 6.07) is 6.43. The van der Waals surface area contributed by atoms with Crippen LogP contribution in [0.3, 0.4) is 0 Å². The Morgan fingerprint density at radius 1 is 1.12 bits per heavy atom. The van der Waals surface area contributed by atoms with Crippen molar-refractivity contribution in [3.63, 3.8) is 0 Å². The first-order chi connectivity index (χ1) is 12.3. The maximum Gasteiger partial charge on any atom is 0.254 e. The number of benzene rings is 1. The molecule has 3 rings (SSSR count). The van der Waals surface area contributed by atoms with Gasteiger partial charge in [-0.15, -0.1) is 0 Å². The van der Waals surface area contributed by atoms with Crippen LogP contribution in [0, 0.1) is 0 Å². The van der Waals surface area contributed by atoms with Gasteiger partial charge in [0.15, 0.2) is 0 Å². The van der Waals surface area contributed by atoms with Gasteiger partial charge in [0.1, 0.15) is 0 Å². The number of carbonyl (C=O) groups is 1. The van der Waals surface area contributed by atoms with Gasteiger partial charge < -0.3 is 9.64 Å². The summed E-state index contributed by atoms with van der Waals surface area (Å²) in [5.41, 5.74) is 0.414. The normalized spacial score (nSPS) is 28.1. The van der Waals surface area contributed by atoms with Crippen molar-refractivity contribution in [3.05, 3.63) is 29.8 Å². The van der Waals surface area contributed by atoms with Gasteiger partial charge in [0.2, 0.25) is 10.0 Å². The number of carbonyl (C=O) groups excluding carboxylic acids is 1. The molecule has 7 heteroatoms. The number of ether oxygens (including phenoxy) is 1. The Morgan fingerprint density at radius 3 is 2.46 bits per heavy atom. The van der Waals surface area contributed by atoms with Gasteiger partial charge >= 0.3 is 0 Å². The van der Waals surface area contributed by atoms with E-state index in [0.29, 0.717) is 25.2 Å². The highest BCUT2D eigenvalue weighted by molar-refractivity contribution is 7.89. The lowest BCUT2D eigenvalue weighted by molar-refractivity contribution is -0.0586. The Labute approximate surface area is 156 Å². The SMILES string of the molecule is CC1CN(C(=O)c2cccc(S(=O)(=O)N3CCCCC3C)c2)CC(C)O1. The fourth-order valence-electron chi connectivity index (χ4n) is 3.88. The smallest absolute Gasteiger partial charge is 0.254 e. The highest BCUT2D eigenvalue weighted by Gasteiger charge is 2.32. The van der Waals surface area contributed by atoms with Crippen LogP contribution in [-0.2, 0) is 14.8 Å². The molecule has 0 radical (unpaired) electrons. The summed E-state index contributed by atoms with van der Waals surface area (Å²) < 4.78 is 33.3. The Hall–Kier alpha value is -1.44. The molecule has 0 saturated carbocycles. The first-order valence-corrected chi connectivity index (χ1v) is 10.8. The fraction of sp³-hybridized carbons (Fsp3) is 0.632. The van der Waals surface area contributed by atoms with Crippen LogP contribution in [0.1, 0.15) is 50.4 Å². The highest BCUT2D eigenvalue weighted by Crippen LogP contribution is 2.26. The van der Waals surface area contributed by atoms with Gasteiger partial charge in [-0.25, -0.2) is 8.42 Å². The van der Waals surface area contributed by atoms with Crippen LogP contribution < -0.4 is 0 Å². The zero-order valence-electron chi connectivity index (χ0n) is 15.7. The first-order valence-electron chi connectivity index (χ1n) is 9.35. The number of piperidine rings is 1. The molecule has 0 aromatic heterocycles. The number of morpholine rings is 1. The van der Waals surface area contributed by atoms with Crippen molar-refractivity contribution < 1.29 is 17.9 Å². The summed E-state index contributed by atoms with van der Waals surface area (Å²) in [6.07, 6.45) is 2.76. The first kappa shape index (κ1) is 19.3. The minimum atomic E-state index is -3.58. The third kappa shape index (κ3) is 3.94. The van der Waals surface area contributed by atoms with E-state index in [0.717, 1.165) is 19.3 Å². The molecule has 144 valence electrons. The fourth-order valence-corrected chi connectivity index (χ4v) is 5.63. The van der Waals surface area contributed by atoms with Crippen LogP contribution in [0.2, 0.25) is 0 Å². The van der Waals surface area contributed by atoms with E-state index >= 15 is 0 Å². The van der Waals surface area contributed by atoms with Crippen LogP contribution >= 0.6 is 0 Å². The highest BCUT2D eigenvalue weighted by atomic mass is 32.2. The second-order valence-corrected chi connectivity index (χ2v) is 9.35. The second-order valence-electron chi connectivity index (χ2n) is 7.46. The Balaban J connectivity index is 1.84. The molecule has 0 aliphatic carbocycles. The average Bonchev–Trinajstić information content (AvgIpc) is 2.60. The Kier molecular flexibility index (Phi) is 5.69. The van der Waals surface area contributed by atoms with Crippen LogP contribution in [0.25, 0.3) is 0 Å². The summed E-state index contributed by atoms with van der Waals surface area (Å²) in [6.45, 7) is 7.40. The number of rotatable bonds is 3. The maximum absolute atomic E-state index is 13.0. The molecule has 0 bridgehead atoms. The van der Waals surface area contributed by atoms with Gasteiger partial charge in [0.25, 0.3) is 5.91 Å². The van der Waals surface area contributed by atoms with E-state index in [2.05, 4.69) is 0 Å². The Bertz CT molecular complexity index is 755. The standard InChI is InChI=1S/C19H28N2O4S/c1-14-7-4-5-10-21(14)26(23,24)18-9-6-8-17(11-18)19(22)20-12-15(2)25-16(3)13-20/h6,8-9,11,14-16H,4-5,7,10,12-13H2,1-3H3. The third-order valence-electron chi connectivity index (χ3n) is 5.14. The van der Waals surface area contributed by atoms with Crippen molar-refractivity contribution >= 4 is 15.9 Å². The van der Waals surface area contributed by atoms with E-state index in [1.165, 1.54) is 6.07 Å². The summed E-state index contributed by atoms with van der Waals surface area (Å²) in [7, 11) is -3.58. The molecule has 1 amide bonds. The van der Waals surface area contributed by atoms with Crippen LogP contribution in [0.15, 0.2) is 29.2 Å². The molecule has 2 saturated heterocycles. The molecule has 2 aliphatic heterocycles. The summed E-state index contributed by atoms with van der Waals surface area (Å²) in [5, 5.41) is 0. The van der Waals surface area contributed by atoms with E-state index in [1.54, 1.807) is 27.4 Å². The lowest BCUT2D eigenvalue weighted by atomic mass is 10.1. The van der Waals surface area contributed by atoms with Crippen LogP contribution in [-0.4, -0.2) is 61.4 Å². The molecule has 1 aromatic rings. The number of nitrogens with zero attached hydrogens (tertiary/aromatic N) is 2. The second kappa shape index (κ2) is 7.66. The van der Waals surface area contributed by atoms with E-state index in [4.69, 9.17) is 4.74 Å². The predicted molar refractivity (Wildman–Crippen MR) is 99.6 cm³/mol. The molecule has 3 unspecified atom stereocenters. The topological polar surface area (TPSA) is 66.9 Å². The Morgan fingerprint density at radius 2 is 1.81 bits per heavy atom. The monoisotopic (exact) mass is 380 g/mol. The lowest BCUT2D eigenvalue weighted by Gasteiger charge is -2.35. The molecular formula is C19H28N2O4S. The van der Waals surface area contributed by atoms with E-state index in [1.807, 2.05) is 20.8 Å². The van der Waals surface area contributed by atoms with Crippen LogP contribution in [0.4, 0.5) is 0 Å². The van der Waals surface area contributed by atoms with Gasteiger partial charge in [-0.05, 0) is 51.8 Å². The largest absolute Gasteiger partial charge is 0.372 e. The van der Waals surface area contributed by atoms with E-state index in [-0.39, 0.29) is 29.1 Å². The molecule has 6 nitrogen and oxygen atoms in total. The molecule has 3 atom stereocenters. The average molecular weight is 381 g/mol. The summed E-state index contributed by atoms with van der Waals surface area (Å²) in [5.74, 6) is -0.143. The predicted octanol–water partition coefficient (Wildman–Crippen LogP) is 2.50. The van der Waals surface area contributed by atoms with Crippen molar-refractivity contribution in [3.8, 4) is 0 Å². The molecule has 2 fully saturated rings. The summed E-state index contributed by atoms with van der Waals surface area (Å²) in [4.78, 5) is 14.8. The van der Waals surface area contributed by atoms with Gasteiger partial charge in [-0.1, -0.05) is 12.5 Å². The lowest BCUT2D eigenvalue weighted by Crippen LogP contribution is -2.48. The van der Waals surface area contributed by atoms with E-state index in [9.17, 15) is 13.2 Å². The summed E-state index contributed by atoms with van der Waals surface area (Å²) >= 11 is 0. The number of hydrogen-bond acceptors (Lipinski definition) is 4. The molecular weight excluding hydrogens is 352 g/mol. The van der Waals surface area contributed by atoms with Crippen molar-refractivity contribution in [1.82, 2.24) is 9.21 Å². The van der Waals surface area contributed by atoms with Gasteiger partial charge in [0.05, 0.1) is 17.1 Å². The zero-order chi connectivity index (χ0) is 18.9. The molecule has 26 heavy (non-hydrogen) atoms. The van der Waals surface area contributed by atoms with Crippen LogP contribution in [0.5, 0.6) is 0 Å².